The zero-order chi connectivity index (χ0) is 36.5. The van der Waals surface area contributed by atoms with Gasteiger partial charge in [-0.3, -0.25) is 0 Å². The molecule has 2 atom stereocenters. The molecule has 4 aromatic rings. The number of allylic oxidation sites excluding steroid dienone is 12. The zero-order valence-electron chi connectivity index (χ0n) is 31.8. The van der Waals surface area contributed by atoms with Crippen molar-refractivity contribution in [2.24, 2.45) is 0 Å². The SMILES string of the molecule is CN(C)c1ccc(C(=C2C=CC(=[N+](C)C)C=C2)[C@@H]2c3ccccc3-c3ccccc3[C@H]2C(=C2C=CC(=[N+](C)C)C=C2)c2ccc(N(C)C)cc2)cc1. The zero-order valence-corrected chi connectivity index (χ0v) is 31.8. The van der Waals surface area contributed by atoms with E-state index >= 15 is 0 Å². The minimum atomic E-state index is 0.0126. The number of nitrogens with zero attached hydrogens (tertiary/aromatic N) is 4. The Labute approximate surface area is 310 Å². The van der Waals surface area contributed by atoms with E-state index in [-0.39, 0.29) is 11.8 Å². The molecule has 0 aromatic heterocycles. The first kappa shape index (κ1) is 34.7. The Hall–Kier alpha value is -5.74. The van der Waals surface area contributed by atoms with Crippen LogP contribution in [-0.4, -0.2) is 77.0 Å². The summed E-state index contributed by atoms with van der Waals surface area (Å²) < 4.78 is 4.34. The molecule has 4 heteroatoms. The van der Waals surface area contributed by atoms with E-state index in [1.165, 1.54) is 78.5 Å². The fraction of sp³-hybridized carbons (Fsp3) is 0.208. The predicted molar refractivity (Wildman–Crippen MR) is 224 cm³/mol. The second kappa shape index (κ2) is 14.5. The van der Waals surface area contributed by atoms with Crippen LogP contribution in [0.3, 0.4) is 0 Å². The standard InChI is InChI=1S/C48H50N4/c1-49(2)37-25-17-33(18-26-37)45(34-19-27-38(28-20-34)50(3)4)47-43-15-11-9-13-41(43)42-14-10-12-16-44(42)48(47)46(35-21-29-39(30-22-35)51(5)6)36-23-31-40(32-24-36)52(7)8/h9-32,47-48H,1-8H3/q+2/t47-,48-/m0/s1. The highest BCUT2D eigenvalue weighted by molar-refractivity contribution is 6.05. The molecule has 0 spiro atoms. The number of benzene rings is 4. The summed E-state index contributed by atoms with van der Waals surface area (Å²) in [6, 6.07) is 36.5. The second-order valence-corrected chi connectivity index (χ2v) is 14.7. The van der Waals surface area contributed by atoms with Crippen LogP contribution in [0.5, 0.6) is 0 Å². The first-order valence-electron chi connectivity index (χ1n) is 18.2. The van der Waals surface area contributed by atoms with Crippen molar-refractivity contribution in [1.29, 1.82) is 0 Å². The lowest BCUT2D eigenvalue weighted by Crippen LogP contribution is -2.23. The van der Waals surface area contributed by atoms with Crippen molar-refractivity contribution >= 4 is 33.9 Å². The molecule has 52 heavy (non-hydrogen) atoms. The highest BCUT2D eigenvalue weighted by Gasteiger charge is 2.40. The fourth-order valence-corrected chi connectivity index (χ4v) is 7.84. The van der Waals surface area contributed by atoms with Crippen LogP contribution >= 0.6 is 0 Å². The van der Waals surface area contributed by atoms with Crippen molar-refractivity contribution in [2.45, 2.75) is 11.8 Å². The van der Waals surface area contributed by atoms with Crippen LogP contribution < -0.4 is 9.80 Å². The van der Waals surface area contributed by atoms with E-state index in [0.717, 1.165) is 0 Å². The number of anilines is 2. The van der Waals surface area contributed by atoms with E-state index < -0.39 is 0 Å². The van der Waals surface area contributed by atoms with Gasteiger partial charge in [-0.25, -0.2) is 9.15 Å². The normalized spacial score (nSPS) is 17.2. The Balaban J connectivity index is 1.58. The van der Waals surface area contributed by atoms with Gasteiger partial charge in [0.05, 0.1) is 0 Å². The van der Waals surface area contributed by atoms with Crippen LogP contribution in [0.15, 0.2) is 157 Å². The quantitative estimate of drug-likeness (QED) is 0.188. The van der Waals surface area contributed by atoms with Gasteiger partial charge in [-0.2, -0.15) is 0 Å². The third kappa shape index (κ3) is 6.57. The van der Waals surface area contributed by atoms with Gasteiger partial charge in [0.25, 0.3) is 0 Å². The Morgan fingerprint density at radius 1 is 0.423 bits per heavy atom. The third-order valence-corrected chi connectivity index (χ3v) is 10.6. The average Bonchev–Trinajstić information content (AvgIpc) is 3.16. The lowest BCUT2D eigenvalue weighted by Gasteiger charge is -2.40. The summed E-state index contributed by atoms with van der Waals surface area (Å²) in [5.41, 5.74) is 17.6. The van der Waals surface area contributed by atoms with Gasteiger partial charge in [-0.15, -0.1) is 0 Å². The van der Waals surface area contributed by atoms with Gasteiger partial charge in [0.2, 0.25) is 0 Å². The topological polar surface area (TPSA) is 12.5 Å². The van der Waals surface area contributed by atoms with Crippen molar-refractivity contribution in [3.63, 3.8) is 0 Å². The molecular weight excluding hydrogens is 633 g/mol. The highest BCUT2D eigenvalue weighted by Crippen LogP contribution is 2.58. The molecule has 0 saturated heterocycles. The van der Waals surface area contributed by atoms with Crippen LogP contribution in [0.25, 0.3) is 22.3 Å². The molecule has 0 bridgehead atoms. The van der Waals surface area contributed by atoms with Gasteiger partial charge in [-0.1, -0.05) is 72.8 Å². The van der Waals surface area contributed by atoms with E-state index in [9.17, 15) is 0 Å². The molecular formula is C48H50N4+2. The minimum Gasteiger partial charge on any atom is -0.378 e. The van der Waals surface area contributed by atoms with Crippen molar-refractivity contribution in [2.75, 3.05) is 66.2 Å². The summed E-state index contributed by atoms with van der Waals surface area (Å²) in [6.07, 6.45) is 18.3. The molecule has 0 unspecified atom stereocenters. The molecule has 0 aliphatic heterocycles. The molecule has 0 N–H and O–H groups in total. The maximum absolute atomic E-state index is 2.37. The van der Waals surface area contributed by atoms with Crippen LogP contribution in [0, 0.1) is 0 Å². The fourth-order valence-electron chi connectivity index (χ4n) is 7.84. The molecule has 0 radical (unpaired) electrons. The molecule has 4 aromatic carbocycles. The molecule has 4 nitrogen and oxygen atoms in total. The molecule has 260 valence electrons. The molecule has 3 aliphatic carbocycles. The largest absolute Gasteiger partial charge is 0.378 e. The molecule has 0 fully saturated rings. The van der Waals surface area contributed by atoms with Gasteiger partial charge < -0.3 is 9.80 Å². The highest BCUT2D eigenvalue weighted by atomic mass is 15.1. The van der Waals surface area contributed by atoms with Gasteiger partial charge >= 0.3 is 0 Å². The summed E-state index contributed by atoms with van der Waals surface area (Å²) in [5.74, 6) is 0.0251. The molecule has 3 aliphatic rings. The van der Waals surface area contributed by atoms with E-state index in [2.05, 4.69) is 221 Å². The van der Waals surface area contributed by atoms with E-state index in [0.29, 0.717) is 0 Å². The number of hydrogen-bond acceptors (Lipinski definition) is 2. The van der Waals surface area contributed by atoms with E-state index in [4.69, 9.17) is 0 Å². The maximum Gasteiger partial charge on any atom is 0.199 e. The number of fused-ring (bicyclic) bond motifs is 3. The summed E-state index contributed by atoms with van der Waals surface area (Å²) >= 11 is 0. The van der Waals surface area contributed by atoms with Gasteiger partial charge in [0.1, 0.15) is 28.2 Å². The maximum atomic E-state index is 2.37. The van der Waals surface area contributed by atoms with E-state index in [1.807, 2.05) is 0 Å². The van der Waals surface area contributed by atoms with Gasteiger partial charge in [0.15, 0.2) is 11.4 Å². The molecule has 0 heterocycles. The number of rotatable bonds is 6. The van der Waals surface area contributed by atoms with Crippen molar-refractivity contribution in [3.05, 3.63) is 179 Å². The first-order chi connectivity index (χ1) is 25.1. The third-order valence-electron chi connectivity index (χ3n) is 10.6. The Morgan fingerprint density at radius 2 is 0.750 bits per heavy atom. The van der Waals surface area contributed by atoms with Crippen molar-refractivity contribution in [1.82, 2.24) is 0 Å². The summed E-state index contributed by atoms with van der Waals surface area (Å²) in [7, 11) is 16.8. The summed E-state index contributed by atoms with van der Waals surface area (Å²) in [4.78, 5) is 4.34. The first-order valence-corrected chi connectivity index (χ1v) is 18.2. The van der Waals surface area contributed by atoms with Crippen LogP contribution in [0.4, 0.5) is 11.4 Å². The predicted octanol–water partition coefficient (Wildman–Crippen LogP) is 9.25. The van der Waals surface area contributed by atoms with Crippen molar-refractivity contribution in [3.8, 4) is 11.1 Å². The van der Waals surface area contributed by atoms with Gasteiger partial charge in [-0.05, 0) is 104 Å². The lowest BCUT2D eigenvalue weighted by molar-refractivity contribution is -0.462. The monoisotopic (exact) mass is 682 g/mol. The Kier molecular flexibility index (Phi) is 9.66. The molecule has 7 rings (SSSR count). The van der Waals surface area contributed by atoms with Crippen LogP contribution in [0.2, 0.25) is 0 Å². The van der Waals surface area contributed by atoms with Crippen molar-refractivity contribution < 1.29 is 9.15 Å². The molecule has 0 saturated carbocycles. The van der Waals surface area contributed by atoms with E-state index in [1.54, 1.807) is 0 Å². The molecule has 0 amide bonds. The lowest BCUT2D eigenvalue weighted by atomic mass is 9.62. The smallest absolute Gasteiger partial charge is 0.199 e. The Bertz CT molecular complexity index is 2060. The number of hydrogen-bond donors (Lipinski definition) is 0. The van der Waals surface area contributed by atoms with Crippen LogP contribution in [-0.2, 0) is 0 Å². The second-order valence-electron chi connectivity index (χ2n) is 14.7. The minimum absolute atomic E-state index is 0.0126. The van der Waals surface area contributed by atoms with Crippen LogP contribution in [0.1, 0.15) is 34.1 Å². The summed E-state index contributed by atoms with van der Waals surface area (Å²) in [6.45, 7) is 0. The summed E-state index contributed by atoms with van der Waals surface area (Å²) in [5, 5.41) is 0. The average molecular weight is 683 g/mol. The Morgan fingerprint density at radius 3 is 1.06 bits per heavy atom. The van der Waals surface area contributed by atoms with Gasteiger partial charge in [0, 0.05) is 75.7 Å².